The van der Waals surface area contributed by atoms with Crippen LogP contribution in [-0.4, -0.2) is 60.0 Å². The van der Waals surface area contributed by atoms with Crippen molar-refractivity contribution < 1.29 is 13.2 Å². The van der Waals surface area contributed by atoms with Gasteiger partial charge in [-0.3, -0.25) is 4.57 Å². The fraction of sp³-hybridized carbons (Fsp3) is 0.417. The van der Waals surface area contributed by atoms with Crippen LogP contribution in [0.1, 0.15) is 30.4 Å². The van der Waals surface area contributed by atoms with Gasteiger partial charge in [-0.2, -0.15) is 0 Å². The highest BCUT2D eigenvalue weighted by Crippen LogP contribution is 2.33. The maximum Gasteiger partial charge on any atom is 0.242 e. The van der Waals surface area contributed by atoms with E-state index in [4.69, 9.17) is 4.74 Å². The molecule has 2 aromatic carbocycles. The van der Waals surface area contributed by atoms with Crippen LogP contribution in [0, 0.1) is 13.8 Å². The first-order chi connectivity index (χ1) is 15.8. The molecule has 0 N–H and O–H groups in total. The summed E-state index contributed by atoms with van der Waals surface area (Å²) in [7, 11) is -0.503. The highest BCUT2D eigenvalue weighted by atomic mass is 32.2. The zero-order valence-corrected chi connectivity index (χ0v) is 21.1. The van der Waals surface area contributed by atoms with E-state index < -0.39 is 10.0 Å². The van der Waals surface area contributed by atoms with Crippen LogP contribution in [0.5, 0.6) is 0 Å². The topological polar surface area (TPSA) is 77.3 Å². The Balaban J connectivity index is 1.80. The van der Waals surface area contributed by atoms with Gasteiger partial charge in [0.25, 0.3) is 0 Å². The lowest BCUT2D eigenvalue weighted by atomic mass is 10.1. The van der Waals surface area contributed by atoms with Crippen LogP contribution in [0.4, 0.5) is 0 Å². The molecule has 1 unspecified atom stereocenters. The summed E-state index contributed by atoms with van der Waals surface area (Å²) in [6, 6.07) is 13.1. The van der Waals surface area contributed by atoms with Crippen molar-refractivity contribution in [3.8, 4) is 17.1 Å². The van der Waals surface area contributed by atoms with Crippen LogP contribution in [0.2, 0.25) is 0 Å². The molecule has 33 heavy (non-hydrogen) atoms. The van der Waals surface area contributed by atoms with Gasteiger partial charge >= 0.3 is 0 Å². The third-order valence-electron chi connectivity index (χ3n) is 5.84. The quantitative estimate of drug-likeness (QED) is 0.459. The standard InChI is InChI=1S/C24H30N4O3S2/c1-17-9-7-10-18(2)22(17)28-23(19-11-8-13-21(15-19)33(29,30)27(3)4)25-26-24(28)32-16-20-12-5-6-14-31-20/h7-11,13,15,20H,5-6,12,14,16H2,1-4H3. The first-order valence-electron chi connectivity index (χ1n) is 11.1. The van der Waals surface area contributed by atoms with E-state index >= 15 is 0 Å². The number of hydrogen-bond acceptors (Lipinski definition) is 6. The van der Waals surface area contributed by atoms with Gasteiger partial charge in [-0.15, -0.1) is 10.2 Å². The molecule has 0 spiro atoms. The average Bonchev–Trinajstić information content (AvgIpc) is 3.22. The molecule has 0 bridgehead atoms. The normalized spacial score (nSPS) is 16.9. The van der Waals surface area contributed by atoms with Crippen molar-refractivity contribution in [3.63, 3.8) is 0 Å². The van der Waals surface area contributed by atoms with E-state index in [0.29, 0.717) is 11.4 Å². The summed E-state index contributed by atoms with van der Waals surface area (Å²) in [6.07, 6.45) is 3.58. The van der Waals surface area contributed by atoms with Gasteiger partial charge in [-0.25, -0.2) is 12.7 Å². The van der Waals surface area contributed by atoms with Crippen molar-refractivity contribution in [1.82, 2.24) is 19.1 Å². The van der Waals surface area contributed by atoms with Gasteiger partial charge in [-0.1, -0.05) is 42.1 Å². The second-order valence-corrected chi connectivity index (χ2v) is 11.6. The maximum absolute atomic E-state index is 12.7. The van der Waals surface area contributed by atoms with Gasteiger partial charge in [0.1, 0.15) is 0 Å². The lowest BCUT2D eigenvalue weighted by molar-refractivity contribution is 0.0315. The van der Waals surface area contributed by atoms with Crippen LogP contribution in [0.15, 0.2) is 52.5 Å². The zero-order valence-electron chi connectivity index (χ0n) is 19.5. The molecule has 176 valence electrons. The highest BCUT2D eigenvalue weighted by Gasteiger charge is 2.23. The number of hydrogen-bond donors (Lipinski definition) is 0. The third kappa shape index (κ3) is 5.01. The smallest absolute Gasteiger partial charge is 0.242 e. The Bertz CT molecular complexity index is 1210. The summed E-state index contributed by atoms with van der Waals surface area (Å²) in [6.45, 7) is 4.95. The van der Waals surface area contributed by atoms with Crippen molar-refractivity contribution >= 4 is 21.8 Å². The second kappa shape index (κ2) is 9.97. The van der Waals surface area contributed by atoms with Crippen LogP contribution >= 0.6 is 11.8 Å². The Morgan fingerprint density at radius 3 is 2.48 bits per heavy atom. The van der Waals surface area contributed by atoms with Gasteiger partial charge in [-0.05, 0) is 56.4 Å². The van der Waals surface area contributed by atoms with Gasteiger partial charge in [0.2, 0.25) is 10.0 Å². The number of sulfonamides is 1. The van der Waals surface area contributed by atoms with E-state index in [0.717, 1.165) is 47.2 Å². The Hall–Kier alpha value is -2.20. The van der Waals surface area contributed by atoms with Crippen molar-refractivity contribution in [2.24, 2.45) is 0 Å². The number of ether oxygens (including phenoxy) is 1. The number of aryl methyl sites for hydroxylation is 2. The number of benzene rings is 2. The molecular weight excluding hydrogens is 456 g/mol. The summed E-state index contributed by atoms with van der Waals surface area (Å²) in [5.74, 6) is 1.42. The molecule has 1 aliphatic heterocycles. The van der Waals surface area contributed by atoms with Crippen molar-refractivity contribution in [3.05, 3.63) is 53.6 Å². The predicted molar refractivity (Wildman–Crippen MR) is 131 cm³/mol. The largest absolute Gasteiger partial charge is 0.377 e. The zero-order chi connectivity index (χ0) is 23.6. The van der Waals surface area contributed by atoms with E-state index in [2.05, 4.69) is 40.7 Å². The molecule has 1 fully saturated rings. The molecule has 3 aromatic rings. The molecular formula is C24H30N4O3S2. The summed E-state index contributed by atoms with van der Waals surface area (Å²) >= 11 is 1.63. The van der Waals surface area contributed by atoms with E-state index in [1.807, 2.05) is 12.1 Å². The Morgan fingerprint density at radius 1 is 1.09 bits per heavy atom. The minimum atomic E-state index is -3.57. The molecule has 1 atom stereocenters. The molecule has 1 aliphatic rings. The minimum absolute atomic E-state index is 0.212. The molecule has 2 heterocycles. The van der Waals surface area contributed by atoms with Crippen LogP contribution in [-0.2, 0) is 14.8 Å². The first-order valence-corrected chi connectivity index (χ1v) is 13.5. The Labute approximate surface area is 200 Å². The average molecular weight is 487 g/mol. The molecule has 0 radical (unpaired) electrons. The third-order valence-corrected chi connectivity index (χ3v) is 8.71. The Morgan fingerprint density at radius 2 is 1.82 bits per heavy atom. The van der Waals surface area contributed by atoms with E-state index in [1.54, 1.807) is 30.0 Å². The van der Waals surface area contributed by atoms with Crippen molar-refractivity contribution in [1.29, 1.82) is 0 Å². The molecule has 1 saturated heterocycles. The van der Waals surface area contributed by atoms with E-state index in [1.165, 1.54) is 24.8 Å². The number of aromatic nitrogens is 3. The number of para-hydroxylation sites is 1. The summed E-state index contributed by atoms with van der Waals surface area (Å²) in [5.41, 5.74) is 3.92. The molecule has 0 aliphatic carbocycles. The lowest BCUT2D eigenvalue weighted by Gasteiger charge is -2.22. The molecule has 0 saturated carbocycles. The van der Waals surface area contributed by atoms with Gasteiger partial charge in [0.05, 0.1) is 16.7 Å². The lowest BCUT2D eigenvalue weighted by Crippen LogP contribution is -2.22. The number of thioether (sulfide) groups is 1. The van der Waals surface area contributed by atoms with Crippen molar-refractivity contribution in [2.45, 2.75) is 49.3 Å². The maximum atomic E-state index is 12.7. The van der Waals surface area contributed by atoms with Crippen LogP contribution in [0.3, 0.4) is 0 Å². The van der Waals surface area contributed by atoms with Gasteiger partial charge in [0, 0.05) is 32.0 Å². The summed E-state index contributed by atoms with van der Waals surface area (Å²) < 4.78 is 34.6. The van der Waals surface area contributed by atoms with Crippen LogP contribution < -0.4 is 0 Å². The minimum Gasteiger partial charge on any atom is -0.377 e. The molecule has 0 amide bonds. The second-order valence-electron chi connectivity index (χ2n) is 8.50. The summed E-state index contributed by atoms with van der Waals surface area (Å²) in [4.78, 5) is 0.228. The fourth-order valence-corrected chi connectivity index (χ4v) is 5.97. The van der Waals surface area contributed by atoms with Gasteiger partial charge < -0.3 is 4.74 Å². The van der Waals surface area contributed by atoms with E-state index in [-0.39, 0.29) is 11.0 Å². The molecule has 9 heteroatoms. The first kappa shape index (κ1) is 23.9. The fourth-order valence-electron chi connectivity index (χ4n) is 4.02. The van der Waals surface area contributed by atoms with Crippen molar-refractivity contribution in [2.75, 3.05) is 26.5 Å². The monoisotopic (exact) mass is 486 g/mol. The highest BCUT2D eigenvalue weighted by molar-refractivity contribution is 7.99. The van der Waals surface area contributed by atoms with Gasteiger partial charge in [0.15, 0.2) is 11.0 Å². The molecule has 1 aromatic heterocycles. The summed E-state index contributed by atoms with van der Waals surface area (Å²) in [5, 5.41) is 9.82. The van der Waals surface area contributed by atoms with E-state index in [9.17, 15) is 8.42 Å². The van der Waals surface area contributed by atoms with Crippen LogP contribution in [0.25, 0.3) is 17.1 Å². The number of rotatable bonds is 7. The Kier molecular flexibility index (Phi) is 7.23. The SMILES string of the molecule is Cc1cccc(C)c1-n1c(SCC2CCCCO2)nnc1-c1cccc(S(=O)(=O)N(C)C)c1. The number of nitrogens with zero attached hydrogens (tertiary/aromatic N) is 4. The molecule has 4 rings (SSSR count). The molecule has 7 nitrogen and oxygen atoms in total. The predicted octanol–water partition coefficient (Wildman–Crippen LogP) is 4.46.